The number of halogens is 1. The average molecular weight is 334 g/mol. The van der Waals surface area contributed by atoms with Gasteiger partial charge in [-0.2, -0.15) is 5.10 Å². The zero-order chi connectivity index (χ0) is 17.2. The first-order chi connectivity index (χ1) is 12.2. The van der Waals surface area contributed by atoms with E-state index in [2.05, 4.69) is 19.1 Å². The number of hydrogen-bond donors (Lipinski definition) is 0. The van der Waals surface area contributed by atoms with Crippen LogP contribution in [0.25, 0.3) is 11.3 Å². The van der Waals surface area contributed by atoms with Gasteiger partial charge in [-0.25, -0.2) is 4.39 Å². The van der Waals surface area contributed by atoms with Crippen molar-refractivity contribution < 1.29 is 4.39 Å². The quantitative estimate of drug-likeness (QED) is 0.598. The van der Waals surface area contributed by atoms with Gasteiger partial charge >= 0.3 is 0 Å². The first-order valence-electron chi connectivity index (χ1n) is 9.09. The molecule has 1 aliphatic rings. The molecule has 2 aromatic carbocycles. The second-order valence-electron chi connectivity index (χ2n) is 7.10. The van der Waals surface area contributed by atoms with Crippen molar-refractivity contribution in [3.05, 3.63) is 77.2 Å². The van der Waals surface area contributed by atoms with Crippen molar-refractivity contribution >= 4 is 0 Å². The van der Waals surface area contributed by atoms with Crippen molar-refractivity contribution in [2.24, 2.45) is 5.92 Å². The number of fused-ring (bicyclic) bond motifs is 1. The summed E-state index contributed by atoms with van der Waals surface area (Å²) in [7, 11) is 0. The highest BCUT2D eigenvalue weighted by molar-refractivity contribution is 5.66. The Bertz CT molecular complexity index is 867. The highest BCUT2D eigenvalue weighted by Gasteiger charge is 2.24. The van der Waals surface area contributed by atoms with E-state index in [1.165, 1.54) is 17.5 Å². The van der Waals surface area contributed by atoms with E-state index >= 15 is 0 Å². The molecule has 0 aliphatic heterocycles. The van der Waals surface area contributed by atoms with Gasteiger partial charge in [0, 0.05) is 11.1 Å². The summed E-state index contributed by atoms with van der Waals surface area (Å²) in [5.74, 6) is 0.442. The SMILES string of the molecule is CC1CCCc2nn(Cc3ccccc3)c(-c3ccccc3F)c2C1. The van der Waals surface area contributed by atoms with Gasteiger partial charge in [-0.3, -0.25) is 4.68 Å². The number of rotatable bonds is 3. The van der Waals surface area contributed by atoms with Crippen LogP contribution in [0.2, 0.25) is 0 Å². The summed E-state index contributed by atoms with van der Waals surface area (Å²) in [6.45, 7) is 2.96. The fourth-order valence-electron chi connectivity index (χ4n) is 3.86. The topological polar surface area (TPSA) is 17.8 Å². The van der Waals surface area contributed by atoms with E-state index in [0.717, 1.165) is 30.7 Å². The molecule has 0 saturated heterocycles. The maximum atomic E-state index is 14.6. The lowest BCUT2D eigenvalue weighted by atomic mass is 9.96. The van der Waals surface area contributed by atoms with Crippen LogP contribution in [0.15, 0.2) is 54.6 Å². The molecule has 1 atom stereocenters. The van der Waals surface area contributed by atoms with Crippen LogP contribution in [-0.2, 0) is 19.4 Å². The summed E-state index contributed by atoms with van der Waals surface area (Å²) in [5.41, 5.74) is 5.21. The van der Waals surface area contributed by atoms with Crippen molar-refractivity contribution in [3.8, 4) is 11.3 Å². The molecule has 0 amide bonds. The smallest absolute Gasteiger partial charge is 0.132 e. The number of nitrogens with zero attached hydrogens (tertiary/aromatic N) is 2. The van der Waals surface area contributed by atoms with Crippen LogP contribution in [0.1, 0.15) is 36.6 Å². The van der Waals surface area contributed by atoms with Crippen molar-refractivity contribution in [3.63, 3.8) is 0 Å². The molecule has 1 unspecified atom stereocenters. The maximum Gasteiger partial charge on any atom is 0.132 e. The molecule has 0 saturated carbocycles. The van der Waals surface area contributed by atoms with Gasteiger partial charge in [-0.15, -0.1) is 0 Å². The largest absolute Gasteiger partial charge is 0.260 e. The summed E-state index contributed by atoms with van der Waals surface area (Å²) >= 11 is 0. The first kappa shape index (κ1) is 16.1. The van der Waals surface area contributed by atoms with Gasteiger partial charge < -0.3 is 0 Å². The lowest BCUT2D eigenvalue weighted by Crippen LogP contribution is -2.07. The fraction of sp³-hybridized carbons (Fsp3) is 0.318. The molecule has 0 fully saturated rings. The van der Waals surface area contributed by atoms with Crippen LogP contribution >= 0.6 is 0 Å². The summed E-state index contributed by atoms with van der Waals surface area (Å²) < 4.78 is 16.6. The third-order valence-electron chi connectivity index (χ3n) is 5.10. The lowest BCUT2D eigenvalue weighted by Gasteiger charge is -2.13. The molecule has 3 aromatic rings. The second kappa shape index (κ2) is 6.83. The molecule has 128 valence electrons. The molecule has 3 heteroatoms. The second-order valence-corrected chi connectivity index (χ2v) is 7.10. The number of aromatic nitrogens is 2. The summed E-state index contributed by atoms with van der Waals surface area (Å²) in [4.78, 5) is 0. The summed E-state index contributed by atoms with van der Waals surface area (Å²) in [6.07, 6.45) is 4.34. The van der Waals surface area contributed by atoms with E-state index in [9.17, 15) is 4.39 Å². The third-order valence-corrected chi connectivity index (χ3v) is 5.10. The highest BCUT2D eigenvalue weighted by atomic mass is 19.1. The minimum atomic E-state index is -0.170. The molecule has 0 spiro atoms. The predicted octanol–water partition coefficient (Wildman–Crippen LogP) is 5.25. The summed E-state index contributed by atoms with van der Waals surface area (Å²) in [5, 5.41) is 4.91. The van der Waals surface area contributed by atoms with Crippen molar-refractivity contribution in [1.29, 1.82) is 0 Å². The number of aryl methyl sites for hydroxylation is 1. The Hall–Kier alpha value is -2.42. The minimum Gasteiger partial charge on any atom is -0.260 e. The Kier molecular flexibility index (Phi) is 4.39. The fourth-order valence-corrected chi connectivity index (χ4v) is 3.86. The van der Waals surface area contributed by atoms with Gasteiger partial charge in [0.05, 0.1) is 17.9 Å². The molecule has 1 heterocycles. The average Bonchev–Trinajstić information content (AvgIpc) is 2.82. The van der Waals surface area contributed by atoms with Gasteiger partial charge in [0.25, 0.3) is 0 Å². The number of benzene rings is 2. The van der Waals surface area contributed by atoms with Crippen LogP contribution in [0.5, 0.6) is 0 Å². The first-order valence-corrected chi connectivity index (χ1v) is 9.09. The van der Waals surface area contributed by atoms with Crippen LogP contribution in [0.4, 0.5) is 4.39 Å². The van der Waals surface area contributed by atoms with E-state index < -0.39 is 0 Å². The lowest BCUT2D eigenvalue weighted by molar-refractivity contribution is 0.522. The predicted molar refractivity (Wildman–Crippen MR) is 99.0 cm³/mol. The number of hydrogen-bond acceptors (Lipinski definition) is 1. The van der Waals surface area contributed by atoms with Crippen molar-refractivity contribution in [2.75, 3.05) is 0 Å². The molecule has 1 aliphatic carbocycles. The zero-order valence-corrected chi connectivity index (χ0v) is 14.6. The molecular formula is C22H23FN2. The molecule has 2 nitrogen and oxygen atoms in total. The molecule has 0 bridgehead atoms. The molecule has 0 N–H and O–H groups in total. The molecule has 25 heavy (non-hydrogen) atoms. The highest BCUT2D eigenvalue weighted by Crippen LogP contribution is 2.34. The molecule has 0 radical (unpaired) electrons. The van der Waals surface area contributed by atoms with Gasteiger partial charge in [0.15, 0.2) is 0 Å². The molecule has 4 rings (SSSR count). The van der Waals surface area contributed by atoms with Crippen LogP contribution in [0.3, 0.4) is 0 Å². The Morgan fingerprint density at radius 2 is 1.84 bits per heavy atom. The third kappa shape index (κ3) is 3.23. The Balaban J connectivity index is 1.86. The van der Waals surface area contributed by atoms with Crippen LogP contribution in [0, 0.1) is 11.7 Å². The Morgan fingerprint density at radius 1 is 1.08 bits per heavy atom. The van der Waals surface area contributed by atoms with Gasteiger partial charge in [0.1, 0.15) is 5.82 Å². The van der Waals surface area contributed by atoms with E-state index in [1.807, 2.05) is 35.0 Å². The van der Waals surface area contributed by atoms with Crippen molar-refractivity contribution in [2.45, 2.75) is 39.2 Å². The minimum absolute atomic E-state index is 0.170. The molecule has 1 aromatic heterocycles. The van der Waals surface area contributed by atoms with Crippen LogP contribution < -0.4 is 0 Å². The van der Waals surface area contributed by atoms with Crippen molar-refractivity contribution in [1.82, 2.24) is 9.78 Å². The standard InChI is InChI=1S/C22H23FN2/c1-16-8-7-13-21-19(14-16)22(18-11-5-6-12-20(18)23)25(24-21)15-17-9-3-2-4-10-17/h2-6,9-12,16H,7-8,13-15H2,1H3. The zero-order valence-electron chi connectivity index (χ0n) is 14.6. The Morgan fingerprint density at radius 3 is 2.64 bits per heavy atom. The van der Waals surface area contributed by atoms with E-state index in [4.69, 9.17) is 5.10 Å². The van der Waals surface area contributed by atoms with E-state index in [0.29, 0.717) is 18.0 Å². The van der Waals surface area contributed by atoms with Gasteiger partial charge in [-0.1, -0.05) is 55.8 Å². The Labute approximate surface area is 148 Å². The van der Waals surface area contributed by atoms with E-state index in [1.54, 1.807) is 12.1 Å². The van der Waals surface area contributed by atoms with Gasteiger partial charge in [0.2, 0.25) is 0 Å². The normalized spacial score (nSPS) is 17.1. The maximum absolute atomic E-state index is 14.6. The molecular weight excluding hydrogens is 311 g/mol. The monoisotopic (exact) mass is 334 g/mol. The van der Waals surface area contributed by atoms with E-state index in [-0.39, 0.29) is 5.82 Å². The summed E-state index contributed by atoms with van der Waals surface area (Å²) in [6, 6.07) is 17.4. The van der Waals surface area contributed by atoms with Crippen LogP contribution in [-0.4, -0.2) is 9.78 Å². The van der Waals surface area contributed by atoms with Gasteiger partial charge in [-0.05, 0) is 42.9 Å².